The predicted octanol–water partition coefficient (Wildman–Crippen LogP) is 5.94. The second-order valence-electron chi connectivity index (χ2n) is 9.82. The largest absolute Gasteiger partial charge is 0.496 e. The molecule has 2 aliphatic heterocycles. The van der Waals surface area contributed by atoms with E-state index in [4.69, 9.17) is 30.5 Å². The normalized spacial score (nSPS) is 14.8. The number of thiophene rings is 1. The lowest BCUT2D eigenvalue weighted by Gasteiger charge is -2.28. The number of halogens is 2. The van der Waals surface area contributed by atoms with E-state index < -0.39 is 11.9 Å². The van der Waals surface area contributed by atoms with Crippen LogP contribution in [-0.4, -0.2) is 80.5 Å². The summed E-state index contributed by atoms with van der Waals surface area (Å²) < 4.78 is 23.1. The maximum Gasteiger partial charge on any atom is 0.332 e. The van der Waals surface area contributed by atoms with Crippen molar-refractivity contribution < 1.29 is 28.5 Å². The summed E-state index contributed by atoms with van der Waals surface area (Å²) >= 11 is 10.0. The molecular weight excluding hydrogens is 723 g/mol. The highest BCUT2D eigenvalue weighted by Crippen LogP contribution is 2.47. The van der Waals surface area contributed by atoms with Crippen molar-refractivity contribution >= 4 is 90.6 Å². The number of carbonyl (C=O) groups excluding carboxylic acids is 2. The highest BCUT2D eigenvalue weighted by molar-refractivity contribution is 14.1. The molecule has 44 heavy (non-hydrogen) atoms. The molecule has 2 aromatic carbocycles. The molecule has 2 aliphatic rings. The van der Waals surface area contributed by atoms with Gasteiger partial charge in [-0.05, 0) is 18.2 Å². The molecule has 0 unspecified atom stereocenters. The molecule has 1 saturated heterocycles. The molecule has 0 aliphatic carbocycles. The second-order valence-corrected chi connectivity index (χ2v) is 12.0. The number of aromatic nitrogens is 2. The SMILES string of the molecule is COc1cc(N2C(=O)Nc3c(C(=O)Nc4ccc(OCCN5CCOCC5)c(OC)c4)sc4ncnc2c34)c(Cl)cc1CI. The predicted molar refractivity (Wildman–Crippen MR) is 178 cm³/mol. The topological polar surface area (TPSA) is 127 Å². The Morgan fingerprint density at radius 1 is 1.14 bits per heavy atom. The second kappa shape index (κ2) is 13.3. The number of amides is 3. The first-order chi connectivity index (χ1) is 21.4. The summed E-state index contributed by atoms with van der Waals surface area (Å²) in [6, 6.07) is 8.15. The van der Waals surface area contributed by atoms with Crippen LogP contribution in [0.1, 0.15) is 15.2 Å². The average molecular weight is 751 g/mol. The molecule has 0 atom stereocenters. The van der Waals surface area contributed by atoms with E-state index in [0.717, 1.165) is 49.7 Å². The average Bonchev–Trinajstić information content (AvgIpc) is 3.41. The summed E-state index contributed by atoms with van der Waals surface area (Å²) in [5, 5.41) is 6.66. The Kier molecular flexibility index (Phi) is 9.23. The van der Waals surface area contributed by atoms with Crippen molar-refractivity contribution in [2.24, 2.45) is 0 Å². The van der Waals surface area contributed by atoms with E-state index in [1.165, 1.54) is 11.2 Å². The van der Waals surface area contributed by atoms with E-state index >= 15 is 0 Å². The first-order valence-electron chi connectivity index (χ1n) is 13.6. The number of benzene rings is 2. The molecule has 4 aromatic rings. The Morgan fingerprint density at radius 3 is 2.68 bits per heavy atom. The van der Waals surface area contributed by atoms with Crippen LogP contribution in [-0.2, 0) is 9.16 Å². The van der Waals surface area contributed by atoms with Gasteiger partial charge in [0.2, 0.25) is 0 Å². The summed E-state index contributed by atoms with van der Waals surface area (Å²) in [6.45, 7) is 4.48. The third-order valence-electron chi connectivity index (χ3n) is 7.25. The van der Waals surface area contributed by atoms with Crippen LogP contribution in [0.25, 0.3) is 10.2 Å². The summed E-state index contributed by atoms with van der Waals surface area (Å²) in [7, 11) is 3.11. The van der Waals surface area contributed by atoms with E-state index in [9.17, 15) is 9.59 Å². The number of alkyl halides is 1. The van der Waals surface area contributed by atoms with Gasteiger partial charge >= 0.3 is 6.03 Å². The number of morpholine rings is 1. The van der Waals surface area contributed by atoms with Crippen molar-refractivity contribution in [1.29, 1.82) is 0 Å². The van der Waals surface area contributed by atoms with Crippen LogP contribution in [0.15, 0.2) is 36.7 Å². The van der Waals surface area contributed by atoms with E-state index in [2.05, 4.69) is 48.1 Å². The number of rotatable bonds is 10. The standard InChI is InChI=1S/C29H28ClIN6O6S/c1-40-21-13-19(18(30)11-16(21)14-31)37-26-23-24(35-29(37)39)25(44-28(23)33-15-32-26)27(38)34-17-3-4-20(22(12-17)41-2)43-10-7-36-5-8-42-9-6-36/h3-4,11-13,15H,5-10,14H2,1-2H3,(H,34,38)(H,35,39). The van der Waals surface area contributed by atoms with Crippen LogP contribution < -0.4 is 29.7 Å². The maximum absolute atomic E-state index is 13.6. The molecule has 0 saturated carbocycles. The van der Waals surface area contributed by atoms with Gasteiger partial charge in [-0.15, -0.1) is 11.3 Å². The number of ether oxygens (including phenoxy) is 4. The monoisotopic (exact) mass is 750 g/mol. The lowest BCUT2D eigenvalue weighted by Crippen LogP contribution is -2.38. The van der Waals surface area contributed by atoms with Gasteiger partial charge in [-0.2, -0.15) is 0 Å². The molecule has 0 bridgehead atoms. The van der Waals surface area contributed by atoms with Gasteiger partial charge in [0.05, 0.1) is 49.2 Å². The van der Waals surface area contributed by atoms with Crippen molar-refractivity contribution in [3.05, 3.63) is 52.1 Å². The number of carbonyl (C=O) groups is 2. The Balaban J connectivity index is 1.25. The fraction of sp³-hybridized carbons (Fsp3) is 0.310. The van der Waals surface area contributed by atoms with Gasteiger partial charge in [-0.3, -0.25) is 9.69 Å². The fourth-order valence-corrected chi connectivity index (χ4v) is 6.92. The van der Waals surface area contributed by atoms with Crippen LogP contribution in [0.4, 0.5) is 27.7 Å². The van der Waals surface area contributed by atoms with Crippen LogP contribution in [0.3, 0.4) is 0 Å². The molecule has 15 heteroatoms. The number of nitrogens with zero attached hydrogens (tertiary/aromatic N) is 4. The van der Waals surface area contributed by atoms with Crippen LogP contribution in [0, 0.1) is 0 Å². The summed E-state index contributed by atoms with van der Waals surface area (Å²) in [6.07, 6.45) is 1.36. The van der Waals surface area contributed by atoms with Gasteiger partial charge in [0, 0.05) is 47.4 Å². The van der Waals surface area contributed by atoms with Gasteiger partial charge in [-0.1, -0.05) is 34.2 Å². The first-order valence-corrected chi connectivity index (χ1v) is 16.4. The Morgan fingerprint density at radius 2 is 1.93 bits per heavy atom. The number of hydrogen-bond acceptors (Lipinski definition) is 10. The van der Waals surface area contributed by atoms with Crippen molar-refractivity contribution in [3.63, 3.8) is 0 Å². The van der Waals surface area contributed by atoms with Crippen LogP contribution >= 0.6 is 45.5 Å². The zero-order chi connectivity index (χ0) is 30.8. The van der Waals surface area contributed by atoms with Crippen molar-refractivity contribution in [3.8, 4) is 17.2 Å². The molecule has 0 spiro atoms. The molecule has 12 nitrogen and oxygen atoms in total. The zero-order valence-electron chi connectivity index (χ0n) is 23.8. The molecule has 2 aromatic heterocycles. The molecule has 6 rings (SSSR count). The molecular formula is C29H28ClIN6O6S. The number of hydrogen-bond donors (Lipinski definition) is 2. The maximum atomic E-state index is 13.6. The van der Waals surface area contributed by atoms with Crippen molar-refractivity contribution in [2.75, 3.05) is 69.2 Å². The molecule has 2 N–H and O–H groups in total. The highest BCUT2D eigenvalue weighted by Gasteiger charge is 2.35. The quantitative estimate of drug-likeness (QED) is 0.150. The lowest BCUT2D eigenvalue weighted by atomic mass is 10.1. The van der Waals surface area contributed by atoms with Gasteiger partial charge < -0.3 is 29.6 Å². The minimum Gasteiger partial charge on any atom is -0.496 e. The highest BCUT2D eigenvalue weighted by atomic mass is 127. The van der Waals surface area contributed by atoms with Crippen LogP contribution in [0.5, 0.6) is 17.2 Å². The summed E-state index contributed by atoms with van der Waals surface area (Å²) in [5.41, 5.74) is 2.13. The van der Waals surface area contributed by atoms with Gasteiger partial charge in [0.25, 0.3) is 5.91 Å². The number of methoxy groups -OCH3 is 2. The number of urea groups is 1. The molecule has 3 amide bonds. The molecule has 230 valence electrons. The molecule has 0 radical (unpaired) electrons. The zero-order valence-corrected chi connectivity index (χ0v) is 27.5. The van der Waals surface area contributed by atoms with Gasteiger partial charge in [0.15, 0.2) is 17.3 Å². The Bertz CT molecular complexity index is 1730. The van der Waals surface area contributed by atoms with Crippen LogP contribution in [0.2, 0.25) is 5.02 Å². The number of nitrogens with one attached hydrogen (secondary N) is 2. The van der Waals surface area contributed by atoms with Crippen molar-refractivity contribution in [2.45, 2.75) is 4.43 Å². The lowest BCUT2D eigenvalue weighted by molar-refractivity contribution is 0.0321. The Labute approximate surface area is 275 Å². The number of anilines is 4. The smallest absolute Gasteiger partial charge is 0.332 e. The third-order valence-corrected chi connectivity index (χ3v) is 9.47. The van der Waals surface area contributed by atoms with Crippen molar-refractivity contribution in [1.82, 2.24) is 14.9 Å². The summed E-state index contributed by atoms with van der Waals surface area (Å²) in [4.78, 5) is 40.3. The van der Waals surface area contributed by atoms with E-state index in [-0.39, 0.29) is 4.88 Å². The minimum absolute atomic E-state index is 0.281. The Hall–Kier alpha value is -3.44. The van der Waals surface area contributed by atoms with Gasteiger partial charge in [0.1, 0.15) is 28.4 Å². The third kappa shape index (κ3) is 5.96. The molecule has 4 heterocycles. The molecule has 1 fully saturated rings. The summed E-state index contributed by atoms with van der Waals surface area (Å²) in [5.74, 6) is 1.55. The van der Waals surface area contributed by atoms with Gasteiger partial charge in [-0.25, -0.2) is 19.7 Å². The fourth-order valence-electron chi connectivity index (χ4n) is 5.06. The van der Waals surface area contributed by atoms with E-state index in [1.54, 1.807) is 44.6 Å². The first kappa shape index (κ1) is 30.6. The van der Waals surface area contributed by atoms with E-state index in [0.29, 0.717) is 66.4 Å². The van der Waals surface area contributed by atoms with E-state index in [1.807, 2.05) is 0 Å². The minimum atomic E-state index is -0.517.